The van der Waals surface area contributed by atoms with Crippen LogP contribution in [0.1, 0.15) is 34.7 Å². The van der Waals surface area contributed by atoms with E-state index in [1.165, 1.54) is 0 Å². The molecule has 0 radical (unpaired) electrons. The molecule has 4 aromatic rings. The molecule has 1 saturated heterocycles. The predicted molar refractivity (Wildman–Crippen MR) is 153 cm³/mol. The molecular weight excluding hydrogens is 567 g/mol. The predicted octanol–water partition coefficient (Wildman–Crippen LogP) is 3.87. The molecule has 43 heavy (non-hydrogen) atoms. The Morgan fingerprint density at radius 2 is 1.81 bits per heavy atom. The highest BCUT2D eigenvalue weighted by Crippen LogP contribution is 2.25. The van der Waals surface area contributed by atoms with E-state index in [1.807, 2.05) is 55.1 Å². The summed E-state index contributed by atoms with van der Waals surface area (Å²) in [4.78, 5) is 42.3. The molecule has 0 saturated carbocycles. The summed E-state index contributed by atoms with van der Waals surface area (Å²) in [6.07, 6.45) is -0.924. The molecule has 1 aliphatic heterocycles. The maximum atomic E-state index is 13.0. The molecule has 14 heteroatoms. The van der Waals surface area contributed by atoms with Crippen molar-refractivity contribution in [1.82, 2.24) is 24.6 Å². The van der Waals surface area contributed by atoms with Crippen LogP contribution in [0.15, 0.2) is 61.1 Å². The number of hydrogen-bond acceptors (Lipinski definition) is 7. The van der Waals surface area contributed by atoms with Crippen LogP contribution in [0.3, 0.4) is 0 Å². The number of halogens is 3. The van der Waals surface area contributed by atoms with Gasteiger partial charge in [-0.15, -0.1) is 10.2 Å². The highest BCUT2D eigenvalue weighted by molar-refractivity contribution is 6.05. The molecule has 2 aromatic carbocycles. The Bertz CT molecular complexity index is 1640. The number of aryl methyl sites for hydroxylation is 1. The van der Waals surface area contributed by atoms with Crippen LogP contribution in [0.2, 0.25) is 0 Å². The van der Waals surface area contributed by atoms with Gasteiger partial charge in [0.2, 0.25) is 5.91 Å². The molecule has 0 bridgehead atoms. The number of carbonyl (C=O) groups excluding carboxylic acids is 2. The standard InChI is InChI=1S/C27H29N7O2.C2HF3O2/c1-18(11-25-31-29-17-33(25)3)19-5-4-6-22(12-19)30-27(36)24-14-21-13-23(8-7-20(21)15-28-24)34-10-9-32(2)26(35)16-34;3-2(4,5)1(6)7/h4-8,12-15,17-18H,9-11,16H2,1-3H3,(H,30,36);(H,6,7)/t18-;/m1./s1. The number of fused-ring (bicyclic) bond motifs is 1. The van der Waals surface area contributed by atoms with Crippen molar-refractivity contribution in [3.63, 3.8) is 0 Å². The lowest BCUT2D eigenvalue weighted by Gasteiger charge is -2.33. The van der Waals surface area contributed by atoms with Gasteiger partial charge in [0.15, 0.2) is 0 Å². The van der Waals surface area contributed by atoms with Gasteiger partial charge in [-0.05, 0) is 47.2 Å². The number of piperazine rings is 1. The lowest BCUT2D eigenvalue weighted by Crippen LogP contribution is -2.48. The minimum atomic E-state index is -5.08. The molecule has 11 nitrogen and oxygen atoms in total. The van der Waals surface area contributed by atoms with Crippen molar-refractivity contribution < 1.29 is 32.7 Å². The molecule has 0 spiro atoms. The van der Waals surface area contributed by atoms with Crippen molar-refractivity contribution in [3.8, 4) is 0 Å². The Balaban J connectivity index is 0.000000541. The van der Waals surface area contributed by atoms with Gasteiger partial charge in [-0.25, -0.2) is 4.79 Å². The Kier molecular flexibility index (Phi) is 9.27. The number of pyridine rings is 1. The van der Waals surface area contributed by atoms with E-state index in [0.29, 0.717) is 24.5 Å². The minimum Gasteiger partial charge on any atom is -0.475 e. The van der Waals surface area contributed by atoms with Crippen LogP contribution in [-0.4, -0.2) is 80.4 Å². The monoisotopic (exact) mass is 597 g/mol. The molecule has 2 amide bonds. The quantitative estimate of drug-likeness (QED) is 0.342. The maximum Gasteiger partial charge on any atom is 0.490 e. The lowest BCUT2D eigenvalue weighted by atomic mass is 9.97. The Morgan fingerprint density at radius 1 is 1.07 bits per heavy atom. The fraction of sp³-hybridized carbons (Fsp3) is 0.310. The van der Waals surface area contributed by atoms with Crippen molar-refractivity contribution in [2.24, 2.45) is 7.05 Å². The summed E-state index contributed by atoms with van der Waals surface area (Å²) in [6.45, 7) is 3.95. The molecular formula is C29H30F3N7O4. The SMILES string of the molecule is C[C@H](Cc1nncn1C)c1cccc(NC(=O)c2cc3cc(N4CCN(C)C(=O)C4)ccc3cn2)c1.O=C(O)C(F)(F)F. The smallest absolute Gasteiger partial charge is 0.475 e. The summed E-state index contributed by atoms with van der Waals surface area (Å²) in [5.74, 6) is -1.80. The van der Waals surface area contributed by atoms with Gasteiger partial charge in [-0.2, -0.15) is 13.2 Å². The van der Waals surface area contributed by atoms with Crippen LogP contribution >= 0.6 is 0 Å². The van der Waals surface area contributed by atoms with Gasteiger partial charge >= 0.3 is 12.1 Å². The van der Waals surface area contributed by atoms with Gasteiger partial charge in [0.05, 0.1) is 6.54 Å². The van der Waals surface area contributed by atoms with E-state index in [9.17, 15) is 22.8 Å². The number of benzene rings is 2. The highest BCUT2D eigenvalue weighted by Gasteiger charge is 2.38. The molecule has 5 rings (SSSR count). The Hall–Kier alpha value is -5.01. The zero-order chi connectivity index (χ0) is 31.3. The second-order valence-electron chi connectivity index (χ2n) is 10.2. The first-order valence-electron chi connectivity index (χ1n) is 13.2. The van der Waals surface area contributed by atoms with Crippen molar-refractivity contribution in [3.05, 3.63) is 78.1 Å². The van der Waals surface area contributed by atoms with Gasteiger partial charge in [0.1, 0.15) is 17.8 Å². The number of aromatic nitrogens is 4. The van der Waals surface area contributed by atoms with E-state index < -0.39 is 12.1 Å². The molecule has 3 heterocycles. The van der Waals surface area contributed by atoms with Gasteiger partial charge in [-0.1, -0.05) is 25.1 Å². The topological polar surface area (TPSA) is 134 Å². The molecule has 1 atom stereocenters. The first-order valence-corrected chi connectivity index (χ1v) is 13.2. The molecule has 2 aromatic heterocycles. The van der Waals surface area contributed by atoms with Crippen molar-refractivity contribution in [2.75, 3.05) is 36.9 Å². The van der Waals surface area contributed by atoms with Crippen molar-refractivity contribution >= 4 is 39.9 Å². The van der Waals surface area contributed by atoms with Crippen LogP contribution in [0.4, 0.5) is 24.5 Å². The highest BCUT2D eigenvalue weighted by atomic mass is 19.4. The number of amides is 2. The number of nitrogens with zero attached hydrogens (tertiary/aromatic N) is 6. The summed E-state index contributed by atoms with van der Waals surface area (Å²) in [6, 6.07) is 15.6. The third-order valence-corrected chi connectivity index (χ3v) is 7.01. The van der Waals surface area contributed by atoms with Gasteiger partial charge < -0.3 is 24.8 Å². The zero-order valence-corrected chi connectivity index (χ0v) is 23.7. The number of carboxylic acid groups (broad SMARTS) is 1. The van der Waals surface area contributed by atoms with Crippen molar-refractivity contribution in [1.29, 1.82) is 0 Å². The molecule has 226 valence electrons. The van der Waals surface area contributed by atoms with Crippen LogP contribution in [0.25, 0.3) is 10.8 Å². The largest absolute Gasteiger partial charge is 0.490 e. The molecule has 1 fully saturated rings. The van der Waals surface area contributed by atoms with E-state index in [0.717, 1.165) is 40.8 Å². The second kappa shape index (κ2) is 12.9. The number of carboxylic acids is 1. The van der Waals surface area contributed by atoms with E-state index in [-0.39, 0.29) is 17.7 Å². The molecule has 2 N–H and O–H groups in total. The summed E-state index contributed by atoms with van der Waals surface area (Å²) in [7, 11) is 3.76. The minimum absolute atomic E-state index is 0.101. The number of anilines is 2. The van der Waals surface area contributed by atoms with Crippen LogP contribution < -0.4 is 10.2 Å². The fourth-order valence-corrected chi connectivity index (χ4v) is 4.43. The average Bonchev–Trinajstić information content (AvgIpc) is 3.37. The first kappa shape index (κ1) is 30.9. The van der Waals surface area contributed by atoms with Crippen LogP contribution in [0.5, 0.6) is 0 Å². The third kappa shape index (κ3) is 7.84. The number of carbonyl (C=O) groups is 3. The first-order chi connectivity index (χ1) is 20.3. The maximum absolute atomic E-state index is 13.0. The normalized spacial score (nSPS) is 14.2. The molecule has 1 aliphatic rings. The summed E-state index contributed by atoms with van der Waals surface area (Å²) >= 11 is 0. The van der Waals surface area contributed by atoms with Crippen LogP contribution in [0, 0.1) is 0 Å². The number of nitrogens with one attached hydrogen (secondary N) is 1. The summed E-state index contributed by atoms with van der Waals surface area (Å²) < 4.78 is 33.7. The van der Waals surface area contributed by atoms with Gasteiger partial charge in [-0.3, -0.25) is 14.6 Å². The number of aliphatic carboxylic acids is 1. The zero-order valence-electron chi connectivity index (χ0n) is 23.7. The average molecular weight is 598 g/mol. The van der Waals surface area contributed by atoms with E-state index in [4.69, 9.17) is 9.90 Å². The lowest BCUT2D eigenvalue weighted by molar-refractivity contribution is -0.192. The van der Waals surface area contributed by atoms with Crippen molar-refractivity contribution in [2.45, 2.75) is 25.4 Å². The number of hydrogen-bond donors (Lipinski definition) is 2. The van der Waals surface area contributed by atoms with E-state index in [2.05, 4.69) is 38.4 Å². The number of likely N-dealkylation sites (N-methyl/N-ethyl adjacent to an activating group) is 1. The summed E-state index contributed by atoms with van der Waals surface area (Å²) in [5.41, 5.74) is 3.13. The Labute approximate surface area is 244 Å². The van der Waals surface area contributed by atoms with Crippen LogP contribution in [-0.2, 0) is 23.1 Å². The van der Waals surface area contributed by atoms with E-state index >= 15 is 0 Å². The third-order valence-electron chi connectivity index (χ3n) is 7.01. The number of rotatable bonds is 6. The number of alkyl halides is 3. The fourth-order valence-electron chi connectivity index (χ4n) is 4.43. The molecule has 0 aliphatic carbocycles. The molecule has 0 unspecified atom stereocenters. The summed E-state index contributed by atoms with van der Waals surface area (Å²) in [5, 5.41) is 20.1. The van der Waals surface area contributed by atoms with Gasteiger partial charge in [0.25, 0.3) is 5.91 Å². The Morgan fingerprint density at radius 3 is 2.47 bits per heavy atom. The van der Waals surface area contributed by atoms with E-state index in [1.54, 1.807) is 23.5 Å². The second-order valence-corrected chi connectivity index (χ2v) is 10.2. The van der Waals surface area contributed by atoms with Gasteiger partial charge in [0, 0.05) is 56.6 Å².